The van der Waals surface area contributed by atoms with Crippen LogP contribution in [0.1, 0.15) is 88.6 Å². The van der Waals surface area contributed by atoms with Crippen molar-refractivity contribution < 1.29 is 38.1 Å². The van der Waals surface area contributed by atoms with Gasteiger partial charge in [0, 0.05) is 11.6 Å². The Kier molecular flexibility index (Phi) is 11.2. The Balaban J connectivity index is 2.12. The molecule has 15 heteroatoms. The molecule has 0 bridgehead atoms. The molecule has 3 rings (SSSR count). The summed E-state index contributed by atoms with van der Waals surface area (Å²) >= 11 is 0. The predicted octanol–water partition coefficient (Wildman–Crippen LogP) is 6.99. The minimum absolute atomic E-state index is 0.258. The number of nitrogens with zero attached hydrogens (tertiary/aromatic N) is 3. The van der Waals surface area contributed by atoms with Crippen LogP contribution >= 0.6 is 0 Å². The van der Waals surface area contributed by atoms with Crippen molar-refractivity contribution in [2.24, 2.45) is 10.1 Å². The molecule has 0 saturated carbocycles. The smallest absolute Gasteiger partial charge is 0.414 e. The summed E-state index contributed by atoms with van der Waals surface area (Å²) in [4.78, 5) is 55.4. The van der Waals surface area contributed by atoms with Crippen LogP contribution in [0.2, 0.25) is 0 Å². The molecular formula is C34H47N7O8. The maximum absolute atomic E-state index is 12.7. The summed E-state index contributed by atoms with van der Waals surface area (Å²) in [6, 6.07) is 9.01. The van der Waals surface area contributed by atoms with Crippen LogP contribution in [0.3, 0.4) is 0 Å². The first-order chi connectivity index (χ1) is 22.4. The fraction of sp³-hybridized carbons (Fsp3) is 0.471. The quantitative estimate of drug-likeness (QED) is 0.148. The average molecular weight is 682 g/mol. The van der Waals surface area contributed by atoms with Crippen molar-refractivity contribution in [2.45, 2.75) is 105 Å². The van der Waals surface area contributed by atoms with Gasteiger partial charge in [-0.1, -0.05) is 18.2 Å². The maximum Gasteiger partial charge on any atom is 0.414 e. The summed E-state index contributed by atoms with van der Waals surface area (Å²) in [5, 5.41) is 17.3. The molecule has 1 aliphatic rings. The molecule has 0 aromatic heterocycles. The van der Waals surface area contributed by atoms with Crippen LogP contribution in [-0.2, 0) is 18.9 Å². The van der Waals surface area contributed by atoms with Gasteiger partial charge in [0.2, 0.25) is 11.9 Å². The number of carbonyl (C=O) groups excluding carboxylic acids is 4. The third-order valence-corrected chi connectivity index (χ3v) is 5.54. The Morgan fingerprint density at radius 1 is 0.612 bits per heavy atom. The lowest BCUT2D eigenvalue weighted by atomic mass is 9.99. The molecule has 0 fully saturated rings. The van der Waals surface area contributed by atoms with Gasteiger partial charge in [-0.3, -0.25) is 21.3 Å². The first kappa shape index (κ1) is 38.1. The lowest BCUT2D eigenvalue weighted by molar-refractivity contribution is 0.0521. The summed E-state index contributed by atoms with van der Waals surface area (Å²) in [6.45, 7) is 20.4. The van der Waals surface area contributed by atoms with E-state index < -0.39 is 46.8 Å². The van der Waals surface area contributed by atoms with E-state index >= 15 is 0 Å². The van der Waals surface area contributed by atoms with Crippen molar-refractivity contribution in [2.75, 3.05) is 5.01 Å². The zero-order valence-electron chi connectivity index (χ0n) is 30.1. The summed E-state index contributed by atoms with van der Waals surface area (Å²) < 4.78 is 21.5. The van der Waals surface area contributed by atoms with E-state index in [1.165, 1.54) is 5.01 Å². The maximum atomic E-state index is 12.7. The van der Waals surface area contributed by atoms with Crippen molar-refractivity contribution in [3.63, 3.8) is 0 Å². The van der Waals surface area contributed by atoms with Crippen LogP contribution in [0.25, 0.3) is 16.8 Å². The third-order valence-electron chi connectivity index (χ3n) is 5.54. The Morgan fingerprint density at radius 2 is 1.04 bits per heavy atom. The van der Waals surface area contributed by atoms with Gasteiger partial charge in [0.05, 0.1) is 11.4 Å². The van der Waals surface area contributed by atoms with Crippen LogP contribution in [-0.4, -0.2) is 58.7 Å². The number of hydrogen-bond donors (Lipinski definition) is 4. The Bertz CT molecular complexity index is 1620. The zero-order chi connectivity index (χ0) is 36.9. The molecule has 4 N–H and O–H groups in total. The molecule has 0 radical (unpaired) electrons. The number of amides is 4. The molecule has 0 unspecified atom stereocenters. The number of carbonyl (C=O) groups is 4. The van der Waals surface area contributed by atoms with Crippen molar-refractivity contribution >= 4 is 64.5 Å². The minimum Gasteiger partial charge on any atom is -0.444 e. The van der Waals surface area contributed by atoms with Crippen molar-refractivity contribution in [3.8, 4) is 0 Å². The molecule has 266 valence electrons. The second-order valence-electron chi connectivity index (χ2n) is 15.0. The number of hydrogen-bond acceptors (Lipinski definition) is 11. The summed E-state index contributed by atoms with van der Waals surface area (Å²) in [7, 11) is 0. The van der Waals surface area contributed by atoms with E-state index in [-0.39, 0.29) is 11.9 Å². The van der Waals surface area contributed by atoms with Gasteiger partial charge in [-0.2, -0.15) is 0 Å². The number of anilines is 1. The number of hydrazone groups is 1. The summed E-state index contributed by atoms with van der Waals surface area (Å²) in [5.74, 6) is -0.542. The van der Waals surface area contributed by atoms with Crippen LogP contribution in [0, 0.1) is 0 Å². The summed E-state index contributed by atoms with van der Waals surface area (Å²) in [5.41, 5.74) is -1.68. The molecule has 1 heterocycles. The van der Waals surface area contributed by atoms with E-state index in [2.05, 4.69) is 31.4 Å². The molecule has 4 amide bonds. The normalized spacial score (nSPS) is 12.7. The highest BCUT2D eigenvalue weighted by molar-refractivity contribution is 6.08. The topological polar surface area (TPSA) is 181 Å². The molecule has 0 atom stereocenters. The van der Waals surface area contributed by atoms with E-state index in [1.54, 1.807) is 107 Å². The molecule has 0 spiro atoms. The Hall–Kier alpha value is -5.34. The molecule has 0 saturated heterocycles. The molecule has 1 aliphatic heterocycles. The SMILES string of the molecule is CC(C)(C)OC(=O)NC(=Nc1cc2c3c(cccc3c1)C=CN2N=C(NC(=O)OC(C)(C)C)NC(=O)OC(C)(C)C)NC(=O)OC(C)(C)C. The standard InChI is InChI=1S/C34H47N7O8/c1-31(2,3)46-27(42)36-25(37-28(43)47-32(4,5)6)35-22-18-21-15-13-14-20-16-17-41(23(19-22)24(20)21)40-26(38-29(44)48-33(7,8)9)39-30(45)49-34(10,11)12/h13-19H,1-12H3,(H2,35,36,37,42,43)(H2,38,39,40,44,45). The average Bonchev–Trinajstić information content (AvgIpc) is 2.85. The highest BCUT2D eigenvalue weighted by Crippen LogP contribution is 2.38. The number of ether oxygens (including phenoxy) is 4. The molecule has 49 heavy (non-hydrogen) atoms. The second-order valence-corrected chi connectivity index (χ2v) is 15.0. The van der Waals surface area contributed by atoms with Gasteiger partial charge >= 0.3 is 24.4 Å². The fourth-order valence-electron chi connectivity index (χ4n) is 4.13. The van der Waals surface area contributed by atoms with Gasteiger partial charge in [-0.05, 0) is 112 Å². The third kappa shape index (κ3) is 13.0. The van der Waals surface area contributed by atoms with E-state index in [4.69, 9.17) is 18.9 Å². The van der Waals surface area contributed by atoms with Crippen molar-refractivity contribution in [1.29, 1.82) is 0 Å². The second kappa shape index (κ2) is 14.4. The van der Waals surface area contributed by atoms with Crippen molar-refractivity contribution in [1.82, 2.24) is 21.3 Å². The highest BCUT2D eigenvalue weighted by atomic mass is 16.6. The lowest BCUT2D eigenvalue weighted by Crippen LogP contribution is -2.48. The number of benzene rings is 2. The zero-order valence-corrected chi connectivity index (χ0v) is 30.1. The van der Waals surface area contributed by atoms with Crippen molar-refractivity contribution in [3.05, 3.63) is 42.1 Å². The lowest BCUT2D eigenvalue weighted by Gasteiger charge is -2.25. The van der Waals surface area contributed by atoms with Crippen LogP contribution in [0.15, 0.2) is 46.6 Å². The number of alkyl carbamates (subject to hydrolysis) is 4. The van der Waals surface area contributed by atoms with Gasteiger partial charge in [0.15, 0.2) is 0 Å². The van der Waals surface area contributed by atoms with E-state index in [0.29, 0.717) is 11.4 Å². The number of aliphatic imine (C=N–C) groups is 1. The van der Waals surface area contributed by atoms with E-state index in [0.717, 1.165) is 16.3 Å². The van der Waals surface area contributed by atoms with E-state index in [9.17, 15) is 19.2 Å². The molecule has 15 nitrogen and oxygen atoms in total. The van der Waals surface area contributed by atoms with Gasteiger partial charge in [0.25, 0.3) is 0 Å². The van der Waals surface area contributed by atoms with Gasteiger partial charge < -0.3 is 18.9 Å². The molecule has 2 aromatic carbocycles. The summed E-state index contributed by atoms with van der Waals surface area (Å²) in [6.07, 6.45) is -0.00733. The Labute approximate surface area is 286 Å². The van der Waals surface area contributed by atoms with Gasteiger partial charge in [-0.15, -0.1) is 5.10 Å². The fourth-order valence-corrected chi connectivity index (χ4v) is 4.13. The molecular weight excluding hydrogens is 634 g/mol. The largest absolute Gasteiger partial charge is 0.444 e. The first-order valence-corrected chi connectivity index (χ1v) is 15.6. The predicted molar refractivity (Wildman–Crippen MR) is 187 cm³/mol. The number of rotatable bonds is 2. The Morgan fingerprint density at radius 3 is 1.47 bits per heavy atom. The van der Waals surface area contributed by atoms with Crippen LogP contribution in [0.5, 0.6) is 0 Å². The van der Waals surface area contributed by atoms with Gasteiger partial charge in [-0.25, -0.2) is 29.2 Å². The number of guanidine groups is 2. The highest BCUT2D eigenvalue weighted by Gasteiger charge is 2.25. The van der Waals surface area contributed by atoms with Crippen LogP contribution < -0.4 is 26.3 Å². The van der Waals surface area contributed by atoms with Crippen LogP contribution in [0.4, 0.5) is 30.6 Å². The minimum atomic E-state index is -0.863. The first-order valence-electron chi connectivity index (χ1n) is 15.6. The van der Waals surface area contributed by atoms with E-state index in [1.807, 2.05) is 18.2 Å². The molecule has 0 aliphatic carbocycles. The molecule has 2 aromatic rings. The monoisotopic (exact) mass is 681 g/mol. The number of nitrogens with one attached hydrogen (secondary N) is 4. The van der Waals surface area contributed by atoms with Gasteiger partial charge in [0.1, 0.15) is 22.4 Å².